The molecule has 4 rings (SSSR count). The molecule has 1 saturated heterocycles. The Balaban J connectivity index is 1.50. The maximum absolute atomic E-state index is 12.9. The summed E-state index contributed by atoms with van der Waals surface area (Å²) in [6.45, 7) is 3.43. The third-order valence-electron chi connectivity index (χ3n) is 6.35. The summed E-state index contributed by atoms with van der Waals surface area (Å²) >= 11 is 23.4. The Morgan fingerprint density at radius 2 is 1.79 bits per heavy atom. The van der Waals surface area contributed by atoms with Crippen LogP contribution in [0.5, 0.6) is 0 Å². The number of thiocarbonyl (C=S) groups is 2. The molecule has 1 amide bonds. The molecule has 1 fully saturated rings. The number of nitro groups is 1. The van der Waals surface area contributed by atoms with E-state index in [0.29, 0.717) is 21.4 Å². The molecule has 1 aliphatic heterocycles. The summed E-state index contributed by atoms with van der Waals surface area (Å²) < 4.78 is 5.02. The summed E-state index contributed by atoms with van der Waals surface area (Å²) in [5.41, 5.74) is 2.68. The number of hydrogen-bond acceptors (Lipinski definition) is 8. The molecule has 12 nitrogen and oxygen atoms in total. The number of carbonyl (C=O) groups excluding carboxylic acids is 1. The fraction of sp³-hybridized carbons (Fsp3) is 0.185. The topological polar surface area (TPSA) is 140 Å². The minimum atomic E-state index is -0.966. The second-order valence-corrected chi connectivity index (χ2v) is 11.3. The van der Waals surface area contributed by atoms with E-state index in [1.165, 1.54) is 30.5 Å². The van der Waals surface area contributed by atoms with Crippen LogP contribution < -0.4 is 15.6 Å². The van der Waals surface area contributed by atoms with Gasteiger partial charge in [-0.1, -0.05) is 23.2 Å². The van der Waals surface area contributed by atoms with E-state index in [2.05, 4.69) is 15.8 Å². The summed E-state index contributed by atoms with van der Waals surface area (Å²) in [5, 5.41) is 31.2. The number of halogens is 2. The zero-order valence-electron chi connectivity index (χ0n) is 22.7. The fourth-order valence-corrected chi connectivity index (χ4v) is 5.27. The number of rotatable bonds is 9. The Hall–Kier alpha value is -4.08. The summed E-state index contributed by atoms with van der Waals surface area (Å²) in [4.78, 5) is 26.3. The number of furan rings is 1. The molecule has 0 bridgehead atoms. The van der Waals surface area contributed by atoms with E-state index in [0.717, 1.165) is 5.06 Å². The second kappa shape index (κ2) is 13.5. The van der Waals surface area contributed by atoms with E-state index in [1.54, 1.807) is 58.3 Å². The molecule has 1 unspecified atom stereocenters. The predicted octanol–water partition coefficient (Wildman–Crippen LogP) is 5.91. The van der Waals surface area contributed by atoms with Crippen molar-refractivity contribution in [1.82, 2.24) is 15.4 Å². The number of benzene rings is 2. The third-order valence-corrected chi connectivity index (χ3v) is 7.56. The normalized spacial score (nSPS) is 16.2. The van der Waals surface area contributed by atoms with Crippen molar-refractivity contribution < 1.29 is 19.3 Å². The van der Waals surface area contributed by atoms with E-state index < -0.39 is 22.5 Å². The number of carbonyl (C=O) groups is 1. The van der Waals surface area contributed by atoms with E-state index in [9.17, 15) is 20.1 Å². The Kier molecular flexibility index (Phi) is 9.98. The molecule has 1 aliphatic rings. The van der Waals surface area contributed by atoms with Gasteiger partial charge in [0.2, 0.25) is 0 Å². The third kappa shape index (κ3) is 7.47. The van der Waals surface area contributed by atoms with Crippen LogP contribution in [0.3, 0.4) is 0 Å². The number of hydrogen-bond donors (Lipinski definition) is 3. The van der Waals surface area contributed by atoms with Crippen LogP contribution in [0.4, 0.5) is 17.3 Å². The molecule has 0 radical (unpaired) electrons. The number of nitrogens with zero attached hydrogens (tertiary/aromatic N) is 5. The lowest BCUT2D eigenvalue weighted by Gasteiger charge is -2.39. The van der Waals surface area contributed by atoms with Gasteiger partial charge < -0.3 is 14.6 Å². The molecule has 0 aliphatic carbocycles. The summed E-state index contributed by atoms with van der Waals surface area (Å²) in [5.74, 6) is -0.626. The highest BCUT2D eigenvalue weighted by Gasteiger charge is 2.54. The number of amides is 1. The molecule has 2 aromatic carbocycles. The molecule has 1 atom stereocenters. The number of anilines is 2. The van der Waals surface area contributed by atoms with Crippen molar-refractivity contribution in [3.05, 3.63) is 92.7 Å². The zero-order valence-corrected chi connectivity index (χ0v) is 25.8. The summed E-state index contributed by atoms with van der Waals surface area (Å²) in [6, 6.07) is 16.3. The van der Waals surface area contributed by atoms with Crippen LogP contribution in [0.2, 0.25) is 10.0 Å². The number of hydroxylamine groups is 2. The van der Waals surface area contributed by atoms with Crippen LogP contribution in [0.1, 0.15) is 19.6 Å². The molecule has 3 N–H and O–H groups in total. The van der Waals surface area contributed by atoms with Crippen LogP contribution in [0.15, 0.2) is 76.3 Å². The maximum Gasteiger partial charge on any atom is 0.433 e. The van der Waals surface area contributed by atoms with Crippen molar-refractivity contribution in [2.75, 3.05) is 16.8 Å². The van der Waals surface area contributed by atoms with Crippen molar-refractivity contribution in [3.63, 3.8) is 0 Å². The standard InChI is InChI=1S/C27H25Cl2N7O5S2/c1-27(2)24(35(38)25(42)31-19-9-5-17(28)6-10-19)34(20-11-7-18(29)8-12-20)26(43)33(27)16-22(37)32-30-15-3-4-21-13-14-23(41-21)36(39)40/h3-15,24,38H,16H2,1-2H3,(H,31,42)(H,32,37)/b4-3+,30-15+. The highest BCUT2D eigenvalue weighted by atomic mass is 35.5. The lowest BCUT2D eigenvalue weighted by Crippen LogP contribution is -2.58. The first kappa shape index (κ1) is 31.8. The molecular weight excluding hydrogens is 637 g/mol. The van der Waals surface area contributed by atoms with Crippen LogP contribution in [-0.4, -0.2) is 60.7 Å². The average Bonchev–Trinajstić information content (AvgIpc) is 3.51. The quantitative estimate of drug-likeness (QED) is 0.109. The predicted molar refractivity (Wildman–Crippen MR) is 173 cm³/mol. The van der Waals surface area contributed by atoms with Gasteiger partial charge in [0, 0.05) is 27.6 Å². The lowest BCUT2D eigenvalue weighted by atomic mass is 10.00. The first-order valence-corrected chi connectivity index (χ1v) is 14.1. The van der Waals surface area contributed by atoms with Gasteiger partial charge in [-0.15, -0.1) is 0 Å². The maximum atomic E-state index is 12.9. The molecular formula is C27H25Cl2N7O5S2. The van der Waals surface area contributed by atoms with Gasteiger partial charge in [0.05, 0.1) is 11.6 Å². The molecule has 1 aromatic heterocycles. The largest absolute Gasteiger partial charge is 0.433 e. The zero-order chi connectivity index (χ0) is 31.3. The number of nitrogens with one attached hydrogen (secondary N) is 2. The van der Waals surface area contributed by atoms with Gasteiger partial charge in [-0.05, 0) is 105 Å². The molecule has 16 heteroatoms. The minimum absolute atomic E-state index is 0.00765. The Morgan fingerprint density at radius 3 is 2.40 bits per heavy atom. The highest BCUT2D eigenvalue weighted by Crippen LogP contribution is 2.38. The van der Waals surface area contributed by atoms with Gasteiger partial charge in [0.1, 0.15) is 17.2 Å². The van der Waals surface area contributed by atoms with E-state index >= 15 is 0 Å². The fourth-order valence-electron chi connectivity index (χ4n) is 4.29. The second-order valence-electron chi connectivity index (χ2n) is 9.63. The first-order chi connectivity index (χ1) is 20.4. The lowest BCUT2D eigenvalue weighted by molar-refractivity contribution is -0.402. The van der Waals surface area contributed by atoms with Gasteiger partial charge in [-0.25, -0.2) is 10.5 Å². The average molecular weight is 663 g/mol. The monoisotopic (exact) mass is 661 g/mol. The smallest absolute Gasteiger partial charge is 0.401 e. The molecule has 0 saturated carbocycles. The Morgan fingerprint density at radius 1 is 1.16 bits per heavy atom. The molecule has 2 heterocycles. The first-order valence-electron chi connectivity index (χ1n) is 12.5. The Labute approximate surface area is 267 Å². The SMILES string of the molecule is CC1(C)C(N(O)C(=S)Nc2ccc(Cl)cc2)N(c2ccc(Cl)cc2)C(=S)N1CC(=O)N/N=C/C=C/c1ccc([N+](=O)[O-])o1. The van der Waals surface area contributed by atoms with E-state index in [4.69, 9.17) is 52.1 Å². The minimum Gasteiger partial charge on any atom is -0.401 e. The molecule has 224 valence electrons. The van der Waals surface area contributed by atoms with Crippen LogP contribution in [0.25, 0.3) is 6.08 Å². The summed E-state index contributed by atoms with van der Waals surface area (Å²) in [7, 11) is 0. The number of allylic oxidation sites excluding steroid dienone is 1. The number of hydrazone groups is 1. The van der Waals surface area contributed by atoms with Gasteiger partial charge in [-0.3, -0.25) is 25.0 Å². The Bertz CT molecular complexity index is 1580. The van der Waals surface area contributed by atoms with Gasteiger partial charge in [0.15, 0.2) is 16.4 Å². The van der Waals surface area contributed by atoms with Crippen LogP contribution in [0, 0.1) is 10.1 Å². The van der Waals surface area contributed by atoms with E-state index in [-0.39, 0.29) is 28.4 Å². The van der Waals surface area contributed by atoms with Crippen molar-refractivity contribution in [2.45, 2.75) is 25.6 Å². The van der Waals surface area contributed by atoms with Gasteiger partial charge in [-0.2, -0.15) is 5.10 Å². The molecule has 0 spiro atoms. The van der Waals surface area contributed by atoms with Crippen molar-refractivity contribution in [2.24, 2.45) is 5.10 Å². The highest BCUT2D eigenvalue weighted by molar-refractivity contribution is 7.80. The van der Waals surface area contributed by atoms with E-state index in [1.807, 2.05) is 13.8 Å². The van der Waals surface area contributed by atoms with Gasteiger partial charge >= 0.3 is 5.88 Å². The molecule has 3 aromatic rings. The van der Waals surface area contributed by atoms with Crippen molar-refractivity contribution in [1.29, 1.82) is 0 Å². The van der Waals surface area contributed by atoms with Crippen LogP contribution >= 0.6 is 47.6 Å². The van der Waals surface area contributed by atoms with Crippen molar-refractivity contribution >= 4 is 93.3 Å². The van der Waals surface area contributed by atoms with Gasteiger partial charge in [0.25, 0.3) is 5.91 Å². The van der Waals surface area contributed by atoms with Crippen LogP contribution in [-0.2, 0) is 4.79 Å². The molecule has 43 heavy (non-hydrogen) atoms. The summed E-state index contributed by atoms with van der Waals surface area (Å²) in [6.07, 6.45) is 3.32. The van der Waals surface area contributed by atoms with Crippen molar-refractivity contribution in [3.8, 4) is 0 Å².